The van der Waals surface area contributed by atoms with Gasteiger partial charge in [-0.3, -0.25) is 10.2 Å². The Morgan fingerprint density at radius 2 is 1.35 bits per heavy atom. The third-order valence-corrected chi connectivity index (χ3v) is 6.01. The first kappa shape index (κ1) is 18.6. The SMILES string of the molecule is NNC(=O)c1cccc(CSc2ccccc2)c1CSc1ccccc1. The second-order valence-electron chi connectivity index (χ2n) is 5.62. The molecule has 0 atom stereocenters. The third kappa shape index (κ3) is 4.91. The van der Waals surface area contributed by atoms with E-state index in [-0.39, 0.29) is 5.91 Å². The van der Waals surface area contributed by atoms with E-state index in [9.17, 15) is 4.79 Å². The van der Waals surface area contributed by atoms with Crippen LogP contribution in [0.2, 0.25) is 0 Å². The van der Waals surface area contributed by atoms with E-state index in [2.05, 4.69) is 35.8 Å². The summed E-state index contributed by atoms with van der Waals surface area (Å²) in [4.78, 5) is 14.6. The van der Waals surface area contributed by atoms with Gasteiger partial charge in [-0.05, 0) is 41.5 Å². The molecule has 3 rings (SSSR count). The maximum Gasteiger partial charge on any atom is 0.265 e. The molecule has 3 N–H and O–H groups in total. The van der Waals surface area contributed by atoms with Gasteiger partial charge >= 0.3 is 0 Å². The highest BCUT2D eigenvalue weighted by Crippen LogP contribution is 2.30. The molecule has 3 aromatic rings. The topological polar surface area (TPSA) is 55.1 Å². The highest BCUT2D eigenvalue weighted by Gasteiger charge is 2.14. The Kier molecular flexibility index (Phi) is 6.77. The van der Waals surface area contributed by atoms with Crippen molar-refractivity contribution in [3.8, 4) is 0 Å². The lowest BCUT2D eigenvalue weighted by atomic mass is 10.0. The summed E-state index contributed by atoms with van der Waals surface area (Å²) >= 11 is 3.49. The second kappa shape index (κ2) is 9.48. The second-order valence-corrected chi connectivity index (χ2v) is 7.72. The number of benzene rings is 3. The molecule has 0 saturated heterocycles. The van der Waals surface area contributed by atoms with Crippen molar-refractivity contribution in [2.45, 2.75) is 21.3 Å². The highest BCUT2D eigenvalue weighted by atomic mass is 32.2. The minimum atomic E-state index is -0.250. The monoisotopic (exact) mass is 380 g/mol. The van der Waals surface area contributed by atoms with E-state index in [4.69, 9.17) is 5.84 Å². The molecule has 0 aliphatic carbocycles. The molecule has 0 aromatic heterocycles. The fraction of sp³-hybridized carbons (Fsp3) is 0.0952. The van der Waals surface area contributed by atoms with Crippen molar-refractivity contribution in [3.63, 3.8) is 0 Å². The predicted octanol–water partition coefficient (Wildman–Crippen LogP) is 4.87. The van der Waals surface area contributed by atoms with Crippen LogP contribution in [0.25, 0.3) is 0 Å². The summed E-state index contributed by atoms with van der Waals surface area (Å²) in [6.45, 7) is 0. The first-order valence-electron chi connectivity index (χ1n) is 8.25. The number of carbonyl (C=O) groups is 1. The molecule has 0 spiro atoms. The zero-order valence-corrected chi connectivity index (χ0v) is 15.9. The largest absolute Gasteiger partial charge is 0.290 e. The summed E-state index contributed by atoms with van der Waals surface area (Å²) in [6.07, 6.45) is 0. The Balaban J connectivity index is 1.83. The Morgan fingerprint density at radius 1 is 0.769 bits per heavy atom. The van der Waals surface area contributed by atoms with Crippen LogP contribution in [0.5, 0.6) is 0 Å². The van der Waals surface area contributed by atoms with Gasteiger partial charge in [0, 0.05) is 26.9 Å². The number of rotatable bonds is 7. The molecule has 0 heterocycles. The number of amides is 1. The number of carbonyl (C=O) groups excluding carboxylic acids is 1. The Labute approximate surface area is 162 Å². The molecule has 0 aliphatic heterocycles. The first-order valence-corrected chi connectivity index (χ1v) is 10.2. The van der Waals surface area contributed by atoms with E-state index < -0.39 is 0 Å². The van der Waals surface area contributed by atoms with Gasteiger partial charge in [-0.25, -0.2) is 5.84 Å². The minimum Gasteiger partial charge on any atom is -0.290 e. The van der Waals surface area contributed by atoms with Gasteiger partial charge in [0.25, 0.3) is 5.91 Å². The van der Waals surface area contributed by atoms with Gasteiger partial charge in [0.1, 0.15) is 0 Å². The molecule has 0 saturated carbocycles. The molecular weight excluding hydrogens is 360 g/mol. The van der Waals surface area contributed by atoms with Crippen molar-refractivity contribution >= 4 is 29.4 Å². The lowest BCUT2D eigenvalue weighted by Gasteiger charge is -2.14. The summed E-state index contributed by atoms with van der Waals surface area (Å²) in [5.41, 5.74) is 5.10. The van der Waals surface area contributed by atoms with Crippen LogP contribution in [0.15, 0.2) is 88.7 Å². The molecular formula is C21H20N2OS2. The molecule has 5 heteroatoms. The number of nitrogen functional groups attached to an aromatic ring is 1. The molecule has 1 amide bonds. The maximum atomic E-state index is 12.2. The number of hydrogen-bond donors (Lipinski definition) is 2. The van der Waals surface area contributed by atoms with Crippen LogP contribution in [0.4, 0.5) is 0 Å². The number of nitrogens with two attached hydrogens (primary N) is 1. The first-order chi connectivity index (χ1) is 12.8. The van der Waals surface area contributed by atoms with Crippen molar-refractivity contribution in [1.82, 2.24) is 5.43 Å². The molecule has 26 heavy (non-hydrogen) atoms. The van der Waals surface area contributed by atoms with Crippen LogP contribution in [-0.2, 0) is 11.5 Å². The third-order valence-electron chi connectivity index (χ3n) is 3.91. The summed E-state index contributed by atoms with van der Waals surface area (Å²) in [5, 5.41) is 0. The fourth-order valence-corrected chi connectivity index (χ4v) is 4.52. The smallest absolute Gasteiger partial charge is 0.265 e. The van der Waals surface area contributed by atoms with Gasteiger partial charge in [0.15, 0.2) is 0 Å². The Morgan fingerprint density at radius 3 is 1.92 bits per heavy atom. The zero-order valence-electron chi connectivity index (χ0n) is 14.2. The van der Waals surface area contributed by atoms with Gasteiger partial charge in [0.2, 0.25) is 0 Å². The van der Waals surface area contributed by atoms with Gasteiger partial charge < -0.3 is 0 Å². The average molecular weight is 381 g/mol. The molecule has 0 fully saturated rings. The van der Waals surface area contributed by atoms with Gasteiger partial charge in [0.05, 0.1) is 0 Å². The quantitative estimate of drug-likeness (QED) is 0.266. The van der Waals surface area contributed by atoms with E-state index in [1.54, 1.807) is 23.5 Å². The van der Waals surface area contributed by atoms with Crippen molar-refractivity contribution in [1.29, 1.82) is 0 Å². The van der Waals surface area contributed by atoms with Crippen LogP contribution < -0.4 is 11.3 Å². The van der Waals surface area contributed by atoms with E-state index in [0.717, 1.165) is 22.6 Å². The fourth-order valence-electron chi connectivity index (χ4n) is 2.58. The lowest BCUT2D eigenvalue weighted by Crippen LogP contribution is -2.31. The van der Waals surface area contributed by atoms with Gasteiger partial charge in [-0.1, -0.05) is 48.5 Å². The molecule has 0 unspecified atom stereocenters. The summed E-state index contributed by atoms with van der Waals surface area (Å²) < 4.78 is 0. The van der Waals surface area contributed by atoms with Crippen molar-refractivity contribution in [3.05, 3.63) is 95.6 Å². The normalized spacial score (nSPS) is 10.5. The standard InChI is InChI=1S/C21H20N2OS2/c22-23-21(24)19-13-7-8-16(14-25-17-9-3-1-4-10-17)20(19)15-26-18-11-5-2-6-12-18/h1-13H,14-15,22H2,(H,23,24). The molecule has 3 nitrogen and oxygen atoms in total. The van der Waals surface area contributed by atoms with Crippen molar-refractivity contribution in [2.24, 2.45) is 5.84 Å². The van der Waals surface area contributed by atoms with Gasteiger partial charge in [-0.2, -0.15) is 0 Å². The lowest BCUT2D eigenvalue weighted by molar-refractivity contribution is 0.0953. The van der Waals surface area contributed by atoms with Crippen molar-refractivity contribution < 1.29 is 4.79 Å². The molecule has 0 radical (unpaired) electrons. The van der Waals surface area contributed by atoms with Crippen LogP contribution >= 0.6 is 23.5 Å². The van der Waals surface area contributed by atoms with E-state index >= 15 is 0 Å². The van der Waals surface area contributed by atoms with Crippen LogP contribution in [0.3, 0.4) is 0 Å². The molecule has 132 valence electrons. The molecule has 3 aromatic carbocycles. The number of nitrogens with one attached hydrogen (secondary N) is 1. The zero-order chi connectivity index (χ0) is 18.2. The van der Waals surface area contributed by atoms with Crippen LogP contribution in [0.1, 0.15) is 21.5 Å². The van der Waals surface area contributed by atoms with E-state index in [1.165, 1.54) is 9.79 Å². The van der Waals surface area contributed by atoms with Crippen LogP contribution in [0, 0.1) is 0 Å². The van der Waals surface area contributed by atoms with E-state index in [1.807, 2.05) is 48.5 Å². The Bertz CT molecular complexity index is 854. The molecule has 0 aliphatic rings. The Hall–Kier alpha value is -2.21. The minimum absolute atomic E-state index is 0.250. The molecule has 0 bridgehead atoms. The maximum absolute atomic E-state index is 12.2. The highest BCUT2D eigenvalue weighted by molar-refractivity contribution is 7.99. The number of hydrazine groups is 1. The van der Waals surface area contributed by atoms with Crippen molar-refractivity contribution in [2.75, 3.05) is 0 Å². The number of hydrogen-bond acceptors (Lipinski definition) is 4. The van der Waals surface area contributed by atoms with Crippen LogP contribution in [-0.4, -0.2) is 5.91 Å². The summed E-state index contributed by atoms with van der Waals surface area (Å²) in [7, 11) is 0. The average Bonchev–Trinajstić information content (AvgIpc) is 2.71. The summed E-state index contributed by atoms with van der Waals surface area (Å²) in [6, 6.07) is 26.3. The number of thioether (sulfide) groups is 2. The van der Waals surface area contributed by atoms with Gasteiger partial charge in [-0.15, -0.1) is 23.5 Å². The van der Waals surface area contributed by atoms with E-state index in [0.29, 0.717) is 5.56 Å². The summed E-state index contributed by atoms with van der Waals surface area (Å²) in [5.74, 6) is 6.66. The predicted molar refractivity (Wildman–Crippen MR) is 110 cm³/mol.